The summed E-state index contributed by atoms with van der Waals surface area (Å²) in [6.07, 6.45) is 0. The average Bonchev–Trinajstić information content (AvgIpc) is 2.93. The molecular formula is C20H20N2OS2. The number of methoxy groups -OCH3 is 1. The number of anilines is 1. The highest BCUT2D eigenvalue weighted by atomic mass is 32.1. The van der Waals surface area contributed by atoms with Gasteiger partial charge in [0.1, 0.15) is 10.4 Å². The Hall–Kier alpha value is -2.11. The number of para-hydroxylation sites is 2. The van der Waals surface area contributed by atoms with Gasteiger partial charge in [-0.1, -0.05) is 48.0 Å². The van der Waals surface area contributed by atoms with Gasteiger partial charge >= 0.3 is 0 Å². The molecule has 1 aromatic heterocycles. The Kier molecular flexibility index (Phi) is 3.74. The lowest BCUT2D eigenvalue weighted by Crippen LogP contribution is -2.30. The number of rotatable bonds is 2. The van der Waals surface area contributed by atoms with E-state index in [9.17, 15) is 0 Å². The quantitative estimate of drug-likeness (QED) is 0.569. The molecule has 3 aromatic rings. The first kappa shape index (κ1) is 16.4. The molecule has 1 aliphatic rings. The van der Waals surface area contributed by atoms with E-state index in [0.29, 0.717) is 0 Å². The molecule has 0 atom stereocenters. The maximum atomic E-state index is 5.90. The predicted molar refractivity (Wildman–Crippen MR) is 108 cm³/mol. The fraction of sp³-hybridized carbons (Fsp3) is 0.250. The van der Waals surface area contributed by atoms with Crippen LogP contribution in [0.3, 0.4) is 0 Å². The molecule has 3 nitrogen and oxygen atoms in total. The smallest absolute Gasteiger partial charge is 0.143 e. The normalized spacial score (nSPS) is 14.4. The molecule has 0 fully saturated rings. The van der Waals surface area contributed by atoms with Gasteiger partial charge in [0.2, 0.25) is 0 Å². The van der Waals surface area contributed by atoms with Gasteiger partial charge in [-0.2, -0.15) is 0 Å². The molecular weight excluding hydrogens is 348 g/mol. The van der Waals surface area contributed by atoms with Gasteiger partial charge in [-0.25, -0.2) is 0 Å². The minimum absolute atomic E-state index is 0.179. The van der Waals surface area contributed by atoms with Crippen LogP contribution >= 0.6 is 23.8 Å². The summed E-state index contributed by atoms with van der Waals surface area (Å²) < 4.78 is 8.49. The zero-order chi connectivity index (χ0) is 17.8. The van der Waals surface area contributed by atoms with Gasteiger partial charge in [-0.3, -0.25) is 3.96 Å². The van der Waals surface area contributed by atoms with Crippen LogP contribution in [0.1, 0.15) is 24.3 Å². The van der Waals surface area contributed by atoms with Crippen LogP contribution in [-0.4, -0.2) is 11.1 Å². The van der Waals surface area contributed by atoms with Crippen molar-refractivity contribution in [3.63, 3.8) is 0 Å². The monoisotopic (exact) mass is 368 g/mol. The molecule has 0 saturated carbocycles. The average molecular weight is 369 g/mol. The molecule has 1 aliphatic heterocycles. The highest BCUT2D eigenvalue weighted by molar-refractivity contribution is 7.71. The van der Waals surface area contributed by atoms with E-state index in [1.54, 1.807) is 18.6 Å². The van der Waals surface area contributed by atoms with E-state index < -0.39 is 0 Å². The summed E-state index contributed by atoms with van der Waals surface area (Å²) in [5.74, 6) is 0.826. The van der Waals surface area contributed by atoms with E-state index in [2.05, 4.69) is 48.2 Å². The van der Waals surface area contributed by atoms with Crippen molar-refractivity contribution in [2.24, 2.45) is 0 Å². The number of hydrogen-bond donors (Lipinski definition) is 1. The second-order valence-corrected chi connectivity index (χ2v) is 8.21. The van der Waals surface area contributed by atoms with E-state index >= 15 is 0 Å². The van der Waals surface area contributed by atoms with Gasteiger partial charge in [0, 0.05) is 16.8 Å². The maximum absolute atomic E-state index is 5.90. The predicted octanol–water partition coefficient (Wildman–Crippen LogP) is 5.91. The molecule has 0 spiro atoms. The van der Waals surface area contributed by atoms with Crippen molar-refractivity contribution in [3.8, 4) is 22.6 Å². The summed E-state index contributed by atoms with van der Waals surface area (Å²) in [7, 11) is 1.69. The second-order valence-electron chi connectivity index (χ2n) is 6.87. The van der Waals surface area contributed by atoms with E-state index in [4.69, 9.17) is 17.0 Å². The lowest BCUT2D eigenvalue weighted by Gasteiger charge is -2.33. The van der Waals surface area contributed by atoms with Crippen molar-refractivity contribution in [2.75, 3.05) is 12.4 Å². The zero-order valence-corrected chi connectivity index (χ0v) is 16.3. The molecule has 2 heterocycles. The summed E-state index contributed by atoms with van der Waals surface area (Å²) in [5.41, 5.74) is 5.53. The molecule has 0 radical (unpaired) electrons. The molecule has 0 unspecified atom stereocenters. The van der Waals surface area contributed by atoms with Crippen molar-refractivity contribution < 1.29 is 4.74 Å². The summed E-state index contributed by atoms with van der Waals surface area (Å²) in [6.45, 7) is 6.52. The Morgan fingerprint density at radius 3 is 2.68 bits per heavy atom. The highest BCUT2D eigenvalue weighted by Crippen LogP contribution is 2.48. The number of aromatic nitrogens is 1. The standard InChI is InChI=1S/C20H20N2OS2/c1-12-9-10-13-14(11-12)21-20(2,3)18-17(13)19(24)22(25-18)15-7-5-6-8-16(15)23-4/h5-11,21H,1-4H3. The SMILES string of the molecule is COc1ccccc1-n1sc2c(c1=S)-c1ccc(C)cc1NC2(C)C. The number of benzene rings is 2. The Morgan fingerprint density at radius 2 is 1.92 bits per heavy atom. The van der Waals surface area contributed by atoms with Gasteiger partial charge in [0.15, 0.2) is 0 Å². The maximum Gasteiger partial charge on any atom is 0.143 e. The zero-order valence-electron chi connectivity index (χ0n) is 14.7. The summed E-state index contributed by atoms with van der Waals surface area (Å²) >= 11 is 7.59. The van der Waals surface area contributed by atoms with Crippen LogP contribution in [0.2, 0.25) is 0 Å². The number of nitrogens with zero attached hydrogens (tertiary/aromatic N) is 1. The van der Waals surface area contributed by atoms with E-state index in [1.807, 2.05) is 24.3 Å². The molecule has 4 rings (SSSR count). The third-order valence-corrected chi connectivity index (χ3v) is 6.53. The number of aryl methyl sites for hydroxylation is 1. The van der Waals surface area contributed by atoms with Gasteiger partial charge in [0.25, 0.3) is 0 Å². The fourth-order valence-electron chi connectivity index (χ4n) is 3.37. The van der Waals surface area contributed by atoms with Gasteiger partial charge in [-0.05, 0) is 44.5 Å². The van der Waals surface area contributed by atoms with Crippen LogP contribution in [0.4, 0.5) is 5.69 Å². The lowest BCUT2D eigenvalue weighted by molar-refractivity contribution is 0.413. The van der Waals surface area contributed by atoms with Crippen molar-refractivity contribution in [1.29, 1.82) is 0 Å². The minimum Gasteiger partial charge on any atom is -0.495 e. The Bertz CT molecular complexity index is 1030. The van der Waals surface area contributed by atoms with E-state index in [1.165, 1.54) is 16.0 Å². The van der Waals surface area contributed by atoms with Crippen molar-refractivity contribution in [1.82, 2.24) is 3.96 Å². The largest absolute Gasteiger partial charge is 0.495 e. The van der Waals surface area contributed by atoms with Gasteiger partial charge < -0.3 is 10.1 Å². The van der Waals surface area contributed by atoms with E-state index in [-0.39, 0.29) is 5.54 Å². The molecule has 0 bridgehead atoms. The van der Waals surface area contributed by atoms with Crippen LogP contribution in [-0.2, 0) is 5.54 Å². The highest BCUT2D eigenvalue weighted by Gasteiger charge is 2.34. The second kappa shape index (κ2) is 5.71. The number of hydrogen-bond acceptors (Lipinski definition) is 4. The molecule has 25 heavy (non-hydrogen) atoms. The number of fused-ring (bicyclic) bond motifs is 3. The first-order valence-corrected chi connectivity index (χ1v) is 9.40. The van der Waals surface area contributed by atoms with Crippen molar-refractivity contribution in [3.05, 3.63) is 57.5 Å². The molecule has 5 heteroatoms. The van der Waals surface area contributed by atoms with Crippen molar-refractivity contribution >= 4 is 29.4 Å². The minimum atomic E-state index is -0.179. The Balaban J connectivity index is 2.03. The molecule has 0 saturated heterocycles. The van der Waals surface area contributed by atoms with Crippen molar-refractivity contribution in [2.45, 2.75) is 26.3 Å². The summed E-state index contributed by atoms with van der Waals surface area (Å²) in [6, 6.07) is 14.5. The first-order valence-electron chi connectivity index (χ1n) is 8.22. The topological polar surface area (TPSA) is 26.2 Å². The Morgan fingerprint density at radius 1 is 1.16 bits per heavy atom. The fourth-order valence-corrected chi connectivity index (χ4v) is 5.04. The molecule has 2 aromatic carbocycles. The molecule has 0 amide bonds. The van der Waals surface area contributed by atoms with Crippen LogP contribution in [0.25, 0.3) is 16.8 Å². The third-order valence-electron chi connectivity index (χ3n) is 4.57. The molecule has 128 valence electrons. The van der Waals surface area contributed by atoms with Crippen LogP contribution in [0.5, 0.6) is 5.75 Å². The van der Waals surface area contributed by atoms with Gasteiger partial charge in [0.05, 0.1) is 23.2 Å². The summed E-state index contributed by atoms with van der Waals surface area (Å²) in [5, 5.41) is 3.67. The lowest BCUT2D eigenvalue weighted by atomic mass is 9.89. The summed E-state index contributed by atoms with van der Waals surface area (Å²) in [4.78, 5) is 1.25. The van der Waals surface area contributed by atoms with Crippen LogP contribution < -0.4 is 10.1 Å². The first-order chi connectivity index (χ1) is 11.9. The third kappa shape index (κ3) is 2.50. The number of ether oxygens (including phenoxy) is 1. The number of nitrogens with one attached hydrogen (secondary N) is 1. The Labute approximate surface area is 157 Å². The van der Waals surface area contributed by atoms with Crippen LogP contribution in [0, 0.1) is 11.6 Å². The molecule has 0 aliphatic carbocycles. The van der Waals surface area contributed by atoms with E-state index in [0.717, 1.165) is 27.3 Å². The van der Waals surface area contributed by atoms with Crippen LogP contribution in [0.15, 0.2) is 42.5 Å². The van der Waals surface area contributed by atoms with Gasteiger partial charge in [-0.15, -0.1) is 0 Å². The molecule has 1 N–H and O–H groups in total.